The van der Waals surface area contributed by atoms with Gasteiger partial charge in [-0.1, -0.05) is 11.6 Å². The lowest BCUT2D eigenvalue weighted by molar-refractivity contribution is -0.123. The Labute approximate surface area is 98.9 Å². The van der Waals surface area contributed by atoms with Crippen molar-refractivity contribution in [1.29, 1.82) is 0 Å². The number of hydrazine groups is 1. The minimum absolute atomic E-state index is 0.0997. The van der Waals surface area contributed by atoms with Crippen molar-refractivity contribution < 1.29 is 4.79 Å². The molecule has 1 amide bonds. The van der Waals surface area contributed by atoms with Crippen LogP contribution in [0.2, 0.25) is 5.02 Å². The second kappa shape index (κ2) is 3.79. The summed E-state index contributed by atoms with van der Waals surface area (Å²) in [6.45, 7) is 3.55. The van der Waals surface area contributed by atoms with Gasteiger partial charge in [-0.15, -0.1) is 0 Å². The third kappa shape index (κ3) is 1.88. The Morgan fingerprint density at radius 1 is 1.31 bits per heavy atom. The maximum Gasteiger partial charge on any atom is 0.273 e. The van der Waals surface area contributed by atoms with Crippen LogP contribution in [-0.4, -0.2) is 17.8 Å². The van der Waals surface area contributed by atoms with Gasteiger partial charge < -0.3 is 0 Å². The molecule has 0 bridgehead atoms. The second-order valence-electron chi connectivity index (χ2n) is 4.06. The van der Waals surface area contributed by atoms with Gasteiger partial charge in [-0.05, 0) is 38.1 Å². The van der Waals surface area contributed by atoms with Gasteiger partial charge >= 0.3 is 0 Å². The van der Waals surface area contributed by atoms with Gasteiger partial charge in [0.2, 0.25) is 0 Å². The lowest BCUT2D eigenvalue weighted by atomic mass is 10.0. The molecule has 0 aliphatic carbocycles. The van der Waals surface area contributed by atoms with Crippen LogP contribution in [-0.2, 0) is 4.79 Å². The van der Waals surface area contributed by atoms with Crippen molar-refractivity contribution >= 4 is 29.5 Å². The number of carbonyl (C=O) groups is 1. The highest BCUT2D eigenvalue weighted by Gasteiger charge is 2.34. The fraction of sp³-hybridized carbons (Fsp3) is 0.273. The summed E-state index contributed by atoms with van der Waals surface area (Å²) in [6, 6.07) is 7.04. The molecule has 0 radical (unpaired) electrons. The summed E-state index contributed by atoms with van der Waals surface area (Å²) in [6.07, 6.45) is 1.52. The molecule has 1 aromatic rings. The van der Waals surface area contributed by atoms with Crippen LogP contribution in [0.1, 0.15) is 13.8 Å². The Kier molecular flexibility index (Phi) is 2.59. The molecular formula is C11H12ClN3O. The molecule has 0 unspecified atom stereocenters. The highest BCUT2D eigenvalue weighted by atomic mass is 35.5. The number of benzene rings is 1. The average molecular weight is 238 g/mol. The number of carbonyl (C=O) groups excluding carboxylic acids is 1. The molecule has 1 N–H and O–H groups in total. The summed E-state index contributed by atoms with van der Waals surface area (Å²) < 4.78 is 0. The third-order valence-corrected chi connectivity index (χ3v) is 2.64. The third-order valence-electron chi connectivity index (χ3n) is 2.39. The molecule has 0 saturated carbocycles. The first-order chi connectivity index (χ1) is 7.50. The van der Waals surface area contributed by atoms with E-state index in [1.165, 1.54) is 11.3 Å². The molecule has 0 fully saturated rings. The lowest BCUT2D eigenvalue weighted by Crippen LogP contribution is -2.55. The zero-order valence-electron chi connectivity index (χ0n) is 9.07. The molecule has 1 aliphatic rings. The minimum atomic E-state index is -0.731. The van der Waals surface area contributed by atoms with E-state index in [-0.39, 0.29) is 5.91 Å². The van der Waals surface area contributed by atoms with Gasteiger partial charge in [0.25, 0.3) is 5.91 Å². The topological polar surface area (TPSA) is 44.7 Å². The van der Waals surface area contributed by atoms with Gasteiger partial charge in [-0.2, -0.15) is 0 Å². The lowest BCUT2D eigenvalue weighted by Gasteiger charge is -2.32. The largest absolute Gasteiger partial charge is 0.281 e. The number of nitrogens with zero attached hydrogens (tertiary/aromatic N) is 2. The van der Waals surface area contributed by atoms with Crippen molar-refractivity contribution in [2.24, 2.45) is 4.99 Å². The van der Waals surface area contributed by atoms with Crippen LogP contribution >= 0.6 is 11.6 Å². The molecule has 0 atom stereocenters. The van der Waals surface area contributed by atoms with Crippen molar-refractivity contribution in [3.8, 4) is 0 Å². The van der Waals surface area contributed by atoms with Crippen molar-refractivity contribution in [2.75, 3.05) is 5.01 Å². The van der Waals surface area contributed by atoms with Crippen LogP contribution in [0.4, 0.5) is 5.69 Å². The maximum atomic E-state index is 12.0. The zero-order chi connectivity index (χ0) is 11.8. The smallest absolute Gasteiger partial charge is 0.273 e. The van der Waals surface area contributed by atoms with Gasteiger partial charge in [-0.3, -0.25) is 15.2 Å². The monoisotopic (exact) mass is 237 g/mol. The summed E-state index contributed by atoms with van der Waals surface area (Å²) >= 11 is 5.79. The summed E-state index contributed by atoms with van der Waals surface area (Å²) in [5.74, 6) is -0.0997. The van der Waals surface area contributed by atoms with E-state index in [0.717, 1.165) is 5.69 Å². The van der Waals surface area contributed by atoms with Crippen molar-refractivity contribution in [1.82, 2.24) is 5.43 Å². The summed E-state index contributed by atoms with van der Waals surface area (Å²) in [5.41, 5.74) is 2.82. The molecule has 1 heterocycles. The molecular weight excluding hydrogens is 226 g/mol. The summed E-state index contributed by atoms with van der Waals surface area (Å²) in [5, 5.41) is 2.10. The quantitative estimate of drug-likeness (QED) is 0.812. The highest BCUT2D eigenvalue weighted by Crippen LogP contribution is 2.22. The van der Waals surface area contributed by atoms with Gasteiger partial charge in [0.15, 0.2) is 0 Å². The number of nitrogens with one attached hydrogen (secondary N) is 1. The number of hydrogen-bond acceptors (Lipinski definition) is 3. The van der Waals surface area contributed by atoms with Crippen molar-refractivity contribution in [3.05, 3.63) is 29.3 Å². The Morgan fingerprint density at radius 2 is 1.94 bits per heavy atom. The van der Waals surface area contributed by atoms with E-state index in [1.54, 1.807) is 38.1 Å². The molecule has 5 heteroatoms. The Hall–Kier alpha value is -1.55. The first-order valence-electron chi connectivity index (χ1n) is 4.91. The molecule has 16 heavy (non-hydrogen) atoms. The van der Waals surface area contributed by atoms with Crippen LogP contribution in [0.15, 0.2) is 29.3 Å². The van der Waals surface area contributed by atoms with Crippen LogP contribution in [0, 0.1) is 0 Å². The number of rotatable bonds is 1. The van der Waals surface area contributed by atoms with E-state index in [1.807, 2.05) is 0 Å². The highest BCUT2D eigenvalue weighted by molar-refractivity contribution is 6.30. The average Bonchev–Trinajstić information content (AvgIpc) is 2.24. The SMILES string of the molecule is CC1(C)N=CNN(c2ccc(Cl)cc2)C1=O. The van der Waals surface area contributed by atoms with Crippen LogP contribution in [0.25, 0.3) is 0 Å². The van der Waals surface area contributed by atoms with Crippen molar-refractivity contribution in [2.45, 2.75) is 19.4 Å². The molecule has 0 saturated heterocycles. The fourth-order valence-electron chi connectivity index (χ4n) is 1.42. The van der Waals surface area contributed by atoms with Crippen LogP contribution < -0.4 is 10.4 Å². The number of halogens is 1. The standard InChI is InChI=1S/C11H12ClN3O/c1-11(2)10(16)15(14-7-13-11)9-5-3-8(12)4-6-9/h3-7H,1-2H3,(H,13,14). The Morgan fingerprint density at radius 3 is 2.56 bits per heavy atom. The number of amides is 1. The van der Waals surface area contributed by atoms with E-state index in [9.17, 15) is 4.79 Å². The number of anilines is 1. The first-order valence-corrected chi connectivity index (χ1v) is 5.28. The molecule has 0 spiro atoms. The predicted molar refractivity (Wildman–Crippen MR) is 64.6 cm³/mol. The van der Waals surface area contributed by atoms with Crippen molar-refractivity contribution in [3.63, 3.8) is 0 Å². The number of aliphatic imine (C=N–C) groups is 1. The van der Waals surface area contributed by atoms with Crippen LogP contribution in [0.5, 0.6) is 0 Å². The summed E-state index contributed by atoms with van der Waals surface area (Å²) in [7, 11) is 0. The van der Waals surface area contributed by atoms with Crippen LogP contribution in [0.3, 0.4) is 0 Å². The molecule has 1 aromatic carbocycles. The fourth-order valence-corrected chi connectivity index (χ4v) is 1.54. The molecule has 84 valence electrons. The predicted octanol–water partition coefficient (Wildman–Crippen LogP) is 2.00. The summed E-state index contributed by atoms with van der Waals surface area (Å²) in [4.78, 5) is 16.1. The minimum Gasteiger partial charge on any atom is -0.281 e. The molecule has 0 aromatic heterocycles. The van der Waals surface area contributed by atoms with E-state index in [2.05, 4.69) is 10.4 Å². The molecule has 4 nitrogen and oxygen atoms in total. The van der Waals surface area contributed by atoms with Gasteiger partial charge in [-0.25, -0.2) is 5.01 Å². The van der Waals surface area contributed by atoms with Gasteiger partial charge in [0.05, 0.1) is 5.69 Å². The van der Waals surface area contributed by atoms with Gasteiger partial charge in [0, 0.05) is 5.02 Å². The number of hydrogen-bond donors (Lipinski definition) is 1. The van der Waals surface area contributed by atoms with E-state index >= 15 is 0 Å². The molecule has 2 rings (SSSR count). The molecule has 1 aliphatic heterocycles. The Bertz CT molecular complexity index is 439. The zero-order valence-corrected chi connectivity index (χ0v) is 9.82. The van der Waals surface area contributed by atoms with E-state index < -0.39 is 5.54 Å². The van der Waals surface area contributed by atoms with Gasteiger partial charge in [0.1, 0.15) is 11.9 Å². The normalized spacial score (nSPS) is 18.4. The van der Waals surface area contributed by atoms with E-state index in [4.69, 9.17) is 11.6 Å². The van der Waals surface area contributed by atoms with E-state index in [0.29, 0.717) is 5.02 Å². The maximum absolute atomic E-state index is 12.0. The Balaban J connectivity index is 2.32. The second-order valence-corrected chi connectivity index (χ2v) is 4.50. The first kappa shape index (κ1) is 11.0.